The van der Waals surface area contributed by atoms with Crippen LogP contribution < -0.4 is 5.32 Å². The Balaban J connectivity index is 1.60. The zero-order chi connectivity index (χ0) is 14.7. The van der Waals surface area contributed by atoms with Gasteiger partial charge in [-0.1, -0.05) is 17.7 Å². The molecular weight excluding hydrogens is 302 g/mol. The van der Waals surface area contributed by atoms with Gasteiger partial charge in [-0.2, -0.15) is 0 Å². The van der Waals surface area contributed by atoms with Crippen LogP contribution in [0.2, 0.25) is 5.02 Å². The van der Waals surface area contributed by atoms with Crippen LogP contribution >= 0.6 is 23.4 Å². The monoisotopic (exact) mass is 323 g/mol. The van der Waals surface area contributed by atoms with Crippen molar-refractivity contribution < 1.29 is 4.79 Å². The lowest BCUT2D eigenvalue weighted by molar-refractivity contribution is -0.120. The first-order valence-corrected chi connectivity index (χ1v) is 9.28. The van der Waals surface area contributed by atoms with E-state index in [2.05, 4.69) is 11.4 Å². The standard InChI is InChI=1S/C17H22ClNOS/c18-15-6-5-12-7-9-19-10-8-14(12)17(15)21-11-1-2-16(20)13-3-4-13/h5-6,13,19H,1-4,7-11H2. The summed E-state index contributed by atoms with van der Waals surface area (Å²) in [5, 5.41) is 4.32. The van der Waals surface area contributed by atoms with E-state index in [-0.39, 0.29) is 0 Å². The van der Waals surface area contributed by atoms with Gasteiger partial charge >= 0.3 is 0 Å². The van der Waals surface area contributed by atoms with E-state index in [0.29, 0.717) is 11.7 Å². The third-order valence-electron chi connectivity index (χ3n) is 4.28. The van der Waals surface area contributed by atoms with Gasteiger partial charge in [0.05, 0.1) is 5.02 Å². The van der Waals surface area contributed by atoms with Gasteiger partial charge in [-0.25, -0.2) is 0 Å². The number of ketones is 1. The first kappa shape index (κ1) is 15.4. The fourth-order valence-corrected chi connectivity index (χ4v) is 4.34. The highest BCUT2D eigenvalue weighted by molar-refractivity contribution is 7.99. The summed E-state index contributed by atoms with van der Waals surface area (Å²) < 4.78 is 0. The van der Waals surface area contributed by atoms with E-state index in [1.165, 1.54) is 16.0 Å². The van der Waals surface area contributed by atoms with Crippen LogP contribution in [0.1, 0.15) is 36.8 Å². The molecule has 2 nitrogen and oxygen atoms in total. The number of halogens is 1. The minimum absolute atomic E-state index is 0.401. The van der Waals surface area contributed by atoms with Crippen molar-refractivity contribution in [2.45, 2.75) is 43.4 Å². The summed E-state index contributed by atoms with van der Waals surface area (Å²) in [6, 6.07) is 4.20. The fraction of sp³-hybridized carbons (Fsp3) is 0.588. The minimum atomic E-state index is 0.401. The Morgan fingerprint density at radius 2 is 2.10 bits per heavy atom. The van der Waals surface area contributed by atoms with E-state index in [1.54, 1.807) is 0 Å². The highest BCUT2D eigenvalue weighted by Gasteiger charge is 2.28. The number of benzene rings is 1. The molecule has 1 heterocycles. The lowest BCUT2D eigenvalue weighted by Crippen LogP contribution is -2.16. The molecule has 1 aromatic carbocycles. The number of Topliss-reactive ketones (excluding diaryl/α,β-unsaturated/α-hetero) is 1. The average Bonchev–Trinajstić information content (AvgIpc) is 3.31. The summed E-state index contributed by atoms with van der Waals surface area (Å²) >= 11 is 8.24. The Morgan fingerprint density at radius 1 is 1.29 bits per heavy atom. The Labute approximate surface area is 136 Å². The van der Waals surface area contributed by atoms with E-state index in [0.717, 1.165) is 62.4 Å². The van der Waals surface area contributed by atoms with E-state index in [9.17, 15) is 4.79 Å². The van der Waals surface area contributed by atoms with Gasteiger partial charge < -0.3 is 5.32 Å². The highest BCUT2D eigenvalue weighted by atomic mass is 35.5. The van der Waals surface area contributed by atoms with Gasteiger partial charge in [0.2, 0.25) is 0 Å². The fourth-order valence-electron chi connectivity index (χ4n) is 2.90. The Hall–Kier alpha value is -0.510. The molecule has 2 aliphatic rings. The van der Waals surface area contributed by atoms with Crippen LogP contribution in [-0.2, 0) is 17.6 Å². The molecule has 1 fully saturated rings. The average molecular weight is 324 g/mol. The molecule has 0 atom stereocenters. The topological polar surface area (TPSA) is 29.1 Å². The maximum Gasteiger partial charge on any atom is 0.136 e. The second-order valence-corrected chi connectivity index (χ2v) is 7.47. The second kappa shape index (κ2) is 7.17. The van der Waals surface area contributed by atoms with Gasteiger partial charge in [0.25, 0.3) is 0 Å². The summed E-state index contributed by atoms with van der Waals surface area (Å²) in [7, 11) is 0. The van der Waals surface area contributed by atoms with Crippen molar-refractivity contribution in [3.63, 3.8) is 0 Å². The molecule has 3 rings (SSSR count). The number of hydrogen-bond donors (Lipinski definition) is 1. The maximum atomic E-state index is 11.7. The molecule has 4 heteroatoms. The lowest BCUT2D eigenvalue weighted by atomic mass is 10.0. The molecule has 1 aromatic rings. The van der Waals surface area contributed by atoms with Crippen molar-refractivity contribution in [1.82, 2.24) is 5.32 Å². The smallest absolute Gasteiger partial charge is 0.136 e. The molecule has 21 heavy (non-hydrogen) atoms. The van der Waals surface area contributed by atoms with Crippen LogP contribution in [0.25, 0.3) is 0 Å². The van der Waals surface area contributed by atoms with Crippen LogP contribution in [0, 0.1) is 5.92 Å². The minimum Gasteiger partial charge on any atom is -0.316 e. The molecule has 1 N–H and O–H groups in total. The first-order valence-electron chi connectivity index (χ1n) is 7.92. The van der Waals surface area contributed by atoms with Crippen molar-refractivity contribution in [3.05, 3.63) is 28.3 Å². The Kier molecular flexibility index (Phi) is 5.25. The van der Waals surface area contributed by atoms with Gasteiger partial charge in [0.15, 0.2) is 0 Å². The lowest BCUT2D eigenvalue weighted by Gasteiger charge is -2.13. The van der Waals surface area contributed by atoms with Crippen LogP contribution in [0.4, 0.5) is 0 Å². The zero-order valence-electron chi connectivity index (χ0n) is 12.3. The van der Waals surface area contributed by atoms with Crippen LogP contribution in [0.3, 0.4) is 0 Å². The molecular formula is C17H22ClNOS. The summed E-state index contributed by atoms with van der Waals surface area (Å²) in [6.45, 7) is 2.08. The van der Waals surface area contributed by atoms with Gasteiger partial charge in [0, 0.05) is 17.2 Å². The molecule has 0 aromatic heterocycles. The molecule has 1 aliphatic heterocycles. The van der Waals surface area contributed by atoms with E-state index in [4.69, 9.17) is 11.6 Å². The number of carbonyl (C=O) groups is 1. The molecule has 0 unspecified atom stereocenters. The van der Waals surface area contributed by atoms with Gasteiger partial charge in [0.1, 0.15) is 5.78 Å². The Morgan fingerprint density at radius 3 is 2.90 bits per heavy atom. The molecule has 0 radical (unpaired) electrons. The first-order chi connectivity index (χ1) is 10.3. The van der Waals surface area contributed by atoms with Crippen LogP contribution in [0.15, 0.2) is 17.0 Å². The largest absolute Gasteiger partial charge is 0.316 e. The van der Waals surface area contributed by atoms with Crippen molar-refractivity contribution in [1.29, 1.82) is 0 Å². The zero-order valence-corrected chi connectivity index (χ0v) is 13.9. The van der Waals surface area contributed by atoms with Crippen molar-refractivity contribution in [2.24, 2.45) is 5.92 Å². The number of thioether (sulfide) groups is 1. The molecule has 114 valence electrons. The second-order valence-electron chi connectivity index (χ2n) is 5.96. The molecule has 0 spiro atoms. The van der Waals surface area contributed by atoms with Crippen LogP contribution in [0.5, 0.6) is 0 Å². The molecule has 0 saturated heterocycles. The van der Waals surface area contributed by atoms with Crippen molar-refractivity contribution >= 4 is 29.1 Å². The molecule has 0 bridgehead atoms. The van der Waals surface area contributed by atoms with E-state index < -0.39 is 0 Å². The number of rotatable bonds is 6. The van der Waals surface area contributed by atoms with Gasteiger partial charge in [-0.05, 0) is 68.1 Å². The number of nitrogens with one attached hydrogen (secondary N) is 1. The predicted octanol–water partition coefficient (Wildman–Crippen LogP) is 3.88. The normalized spacial score (nSPS) is 18.1. The Bertz CT molecular complexity index is 528. The van der Waals surface area contributed by atoms with Crippen LogP contribution in [-0.4, -0.2) is 24.6 Å². The van der Waals surface area contributed by atoms with Crippen molar-refractivity contribution in [3.8, 4) is 0 Å². The van der Waals surface area contributed by atoms with Crippen molar-refractivity contribution in [2.75, 3.05) is 18.8 Å². The number of hydrogen-bond acceptors (Lipinski definition) is 3. The summed E-state index contributed by atoms with van der Waals surface area (Å²) in [5.41, 5.74) is 2.85. The summed E-state index contributed by atoms with van der Waals surface area (Å²) in [4.78, 5) is 13.0. The third-order valence-corrected chi connectivity index (χ3v) is 5.95. The summed E-state index contributed by atoms with van der Waals surface area (Å²) in [5.74, 6) is 1.86. The molecule has 0 amide bonds. The van der Waals surface area contributed by atoms with E-state index >= 15 is 0 Å². The number of carbonyl (C=O) groups excluding carboxylic acids is 1. The highest BCUT2D eigenvalue weighted by Crippen LogP contribution is 2.35. The number of fused-ring (bicyclic) bond motifs is 1. The summed E-state index contributed by atoms with van der Waals surface area (Å²) in [6.07, 6.45) is 6.09. The maximum absolute atomic E-state index is 11.7. The van der Waals surface area contributed by atoms with E-state index in [1.807, 2.05) is 17.8 Å². The van der Waals surface area contributed by atoms with Gasteiger partial charge in [-0.3, -0.25) is 4.79 Å². The van der Waals surface area contributed by atoms with Gasteiger partial charge in [-0.15, -0.1) is 11.8 Å². The molecule has 1 aliphatic carbocycles. The SMILES string of the molecule is O=C(CCCSc1c(Cl)ccc2c1CCNCC2)C1CC1. The third kappa shape index (κ3) is 4.02. The predicted molar refractivity (Wildman–Crippen MR) is 89.4 cm³/mol. The quantitative estimate of drug-likeness (QED) is 0.636. The molecule has 1 saturated carbocycles.